The zero-order valence-corrected chi connectivity index (χ0v) is 10.9. The maximum absolute atomic E-state index is 13.4. The molecular formula is C13H17FN2O3. The van der Waals surface area contributed by atoms with Crippen LogP contribution < -0.4 is 10.6 Å². The molecule has 1 aromatic rings. The number of carboxylic acids is 1. The van der Waals surface area contributed by atoms with E-state index in [0.29, 0.717) is 12.5 Å². The molecule has 0 aromatic heterocycles. The second-order valence-corrected chi connectivity index (χ2v) is 4.35. The van der Waals surface area contributed by atoms with Gasteiger partial charge in [-0.2, -0.15) is 0 Å². The molecule has 5 nitrogen and oxygen atoms in total. The van der Waals surface area contributed by atoms with E-state index in [1.807, 2.05) is 13.8 Å². The molecule has 0 bridgehead atoms. The fraction of sp³-hybridized carbons (Fsp3) is 0.385. The van der Waals surface area contributed by atoms with Crippen LogP contribution in [-0.4, -0.2) is 23.7 Å². The second-order valence-electron chi connectivity index (χ2n) is 4.35. The smallest absolute Gasteiger partial charge is 0.335 e. The fourth-order valence-electron chi connectivity index (χ4n) is 1.33. The van der Waals surface area contributed by atoms with Crippen molar-refractivity contribution in [1.29, 1.82) is 0 Å². The van der Waals surface area contributed by atoms with E-state index >= 15 is 0 Å². The summed E-state index contributed by atoms with van der Waals surface area (Å²) in [6, 6.07) is 2.68. The first-order valence-corrected chi connectivity index (χ1v) is 6.01. The Morgan fingerprint density at radius 3 is 2.68 bits per heavy atom. The Morgan fingerprint density at radius 1 is 1.42 bits per heavy atom. The van der Waals surface area contributed by atoms with Crippen LogP contribution in [0.15, 0.2) is 18.2 Å². The number of rotatable bonds is 5. The summed E-state index contributed by atoms with van der Waals surface area (Å²) in [5.74, 6) is -1.53. The molecule has 0 saturated heterocycles. The number of benzene rings is 1. The number of aromatic carboxylic acids is 1. The Hall–Kier alpha value is -2.11. The Labute approximate surface area is 110 Å². The van der Waals surface area contributed by atoms with Gasteiger partial charge in [0.25, 0.3) is 0 Å². The molecule has 0 aliphatic heterocycles. The summed E-state index contributed by atoms with van der Waals surface area (Å²) >= 11 is 0. The molecule has 0 heterocycles. The molecule has 1 unspecified atom stereocenters. The van der Waals surface area contributed by atoms with Crippen molar-refractivity contribution < 1.29 is 19.1 Å². The minimum Gasteiger partial charge on any atom is -0.478 e. The molecule has 6 heteroatoms. The fourth-order valence-corrected chi connectivity index (χ4v) is 1.33. The summed E-state index contributed by atoms with van der Waals surface area (Å²) in [6.07, 6.45) is 0.920. The first-order valence-electron chi connectivity index (χ1n) is 6.01. The van der Waals surface area contributed by atoms with Crippen LogP contribution in [0.5, 0.6) is 0 Å². The molecule has 0 radical (unpaired) electrons. The molecule has 0 saturated carbocycles. The van der Waals surface area contributed by atoms with Gasteiger partial charge >= 0.3 is 12.0 Å². The first kappa shape index (κ1) is 14.9. The monoisotopic (exact) mass is 268 g/mol. The number of halogens is 1. The molecule has 1 aromatic carbocycles. The Bertz CT molecular complexity index is 477. The number of urea groups is 1. The van der Waals surface area contributed by atoms with Crippen LogP contribution in [0.3, 0.4) is 0 Å². The number of hydrogen-bond acceptors (Lipinski definition) is 2. The zero-order chi connectivity index (χ0) is 14.4. The van der Waals surface area contributed by atoms with Crippen molar-refractivity contribution in [3.63, 3.8) is 0 Å². The summed E-state index contributed by atoms with van der Waals surface area (Å²) in [6.45, 7) is 4.45. The van der Waals surface area contributed by atoms with Gasteiger partial charge in [0, 0.05) is 6.54 Å². The Kier molecular flexibility index (Phi) is 5.29. The third-order valence-corrected chi connectivity index (χ3v) is 2.77. The first-order chi connectivity index (χ1) is 8.93. The molecule has 0 fully saturated rings. The minimum atomic E-state index is -1.18. The van der Waals surface area contributed by atoms with Crippen LogP contribution >= 0.6 is 0 Å². The maximum atomic E-state index is 13.4. The standard InChI is InChI=1S/C13H17FN2O3/c1-3-8(2)7-15-13(19)16-11-6-9(12(17)18)4-5-10(11)14/h4-6,8H,3,7H2,1-2H3,(H,17,18)(H2,15,16,19). The van der Waals surface area contributed by atoms with Crippen molar-refractivity contribution in [1.82, 2.24) is 5.32 Å². The topological polar surface area (TPSA) is 78.4 Å². The van der Waals surface area contributed by atoms with Gasteiger partial charge in [-0.3, -0.25) is 0 Å². The van der Waals surface area contributed by atoms with Gasteiger partial charge in [-0.15, -0.1) is 0 Å². The van der Waals surface area contributed by atoms with Crippen LogP contribution in [0.2, 0.25) is 0 Å². The SMILES string of the molecule is CCC(C)CNC(=O)Nc1cc(C(=O)O)ccc1F. The van der Waals surface area contributed by atoms with Gasteiger partial charge in [0.15, 0.2) is 0 Å². The van der Waals surface area contributed by atoms with Crippen LogP contribution in [0.1, 0.15) is 30.6 Å². The number of anilines is 1. The van der Waals surface area contributed by atoms with Crippen molar-refractivity contribution >= 4 is 17.7 Å². The van der Waals surface area contributed by atoms with Crippen molar-refractivity contribution in [2.24, 2.45) is 5.92 Å². The third kappa shape index (κ3) is 4.57. The van der Waals surface area contributed by atoms with Gasteiger partial charge < -0.3 is 15.7 Å². The van der Waals surface area contributed by atoms with Gasteiger partial charge in [-0.25, -0.2) is 14.0 Å². The minimum absolute atomic E-state index is 0.0846. The highest BCUT2D eigenvalue weighted by Gasteiger charge is 2.11. The average Bonchev–Trinajstić information content (AvgIpc) is 2.38. The van der Waals surface area contributed by atoms with Crippen LogP contribution in [0.25, 0.3) is 0 Å². The van der Waals surface area contributed by atoms with E-state index < -0.39 is 17.8 Å². The highest BCUT2D eigenvalue weighted by Crippen LogP contribution is 2.16. The molecule has 19 heavy (non-hydrogen) atoms. The van der Waals surface area contributed by atoms with Gasteiger partial charge in [0.05, 0.1) is 11.3 Å². The van der Waals surface area contributed by atoms with E-state index in [-0.39, 0.29) is 11.3 Å². The molecule has 0 aliphatic carbocycles. The number of carbonyl (C=O) groups excluding carboxylic acids is 1. The van der Waals surface area contributed by atoms with Gasteiger partial charge in [-0.05, 0) is 24.1 Å². The van der Waals surface area contributed by atoms with Crippen LogP contribution in [0.4, 0.5) is 14.9 Å². The molecule has 1 atom stereocenters. The van der Waals surface area contributed by atoms with Gasteiger partial charge in [-0.1, -0.05) is 20.3 Å². The quantitative estimate of drug-likeness (QED) is 0.768. The number of carbonyl (C=O) groups is 2. The predicted octanol–water partition coefficient (Wildman–Crippen LogP) is 2.69. The van der Waals surface area contributed by atoms with Crippen molar-refractivity contribution in [3.05, 3.63) is 29.6 Å². The summed E-state index contributed by atoms with van der Waals surface area (Å²) in [7, 11) is 0. The number of hydrogen-bond donors (Lipinski definition) is 3. The lowest BCUT2D eigenvalue weighted by Gasteiger charge is -2.12. The molecule has 104 valence electrons. The van der Waals surface area contributed by atoms with E-state index in [4.69, 9.17) is 5.11 Å². The van der Waals surface area contributed by atoms with E-state index in [1.165, 1.54) is 0 Å². The lowest BCUT2D eigenvalue weighted by atomic mass is 10.1. The van der Waals surface area contributed by atoms with E-state index in [0.717, 1.165) is 24.6 Å². The second kappa shape index (κ2) is 6.72. The third-order valence-electron chi connectivity index (χ3n) is 2.77. The van der Waals surface area contributed by atoms with Crippen LogP contribution in [0, 0.1) is 11.7 Å². The van der Waals surface area contributed by atoms with Crippen LogP contribution in [-0.2, 0) is 0 Å². The molecule has 0 aliphatic rings. The summed E-state index contributed by atoms with van der Waals surface area (Å²) in [5, 5.41) is 13.7. The summed E-state index contributed by atoms with van der Waals surface area (Å²) in [5.41, 5.74) is -0.236. The Balaban J connectivity index is 2.68. The molecule has 2 amide bonds. The molecule has 3 N–H and O–H groups in total. The normalized spacial score (nSPS) is 11.7. The Morgan fingerprint density at radius 2 is 2.11 bits per heavy atom. The van der Waals surface area contributed by atoms with Crippen molar-refractivity contribution in [3.8, 4) is 0 Å². The van der Waals surface area contributed by atoms with E-state index in [9.17, 15) is 14.0 Å². The average molecular weight is 268 g/mol. The highest BCUT2D eigenvalue weighted by atomic mass is 19.1. The highest BCUT2D eigenvalue weighted by molar-refractivity contribution is 5.93. The van der Waals surface area contributed by atoms with Gasteiger partial charge in [0.2, 0.25) is 0 Å². The zero-order valence-electron chi connectivity index (χ0n) is 10.9. The molecular weight excluding hydrogens is 251 g/mol. The number of amides is 2. The van der Waals surface area contributed by atoms with E-state index in [1.54, 1.807) is 0 Å². The predicted molar refractivity (Wildman–Crippen MR) is 69.8 cm³/mol. The summed E-state index contributed by atoms with van der Waals surface area (Å²) in [4.78, 5) is 22.3. The maximum Gasteiger partial charge on any atom is 0.335 e. The summed E-state index contributed by atoms with van der Waals surface area (Å²) < 4.78 is 13.4. The largest absolute Gasteiger partial charge is 0.478 e. The van der Waals surface area contributed by atoms with Gasteiger partial charge in [0.1, 0.15) is 5.82 Å². The van der Waals surface area contributed by atoms with E-state index in [2.05, 4.69) is 10.6 Å². The molecule has 0 spiro atoms. The number of carboxylic acid groups (broad SMARTS) is 1. The lowest BCUT2D eigenvalue weighted by Crippen LogP contribution is -2.32. The van der Waals surface area contributed by atoms with Crippen molar-refractivity contribution in [2.75, 3.05) is 11.9 Å². The number of nitrogens with one attached hydrogen (secondary N) is 2. The molecule has 1 rings (SSSR count). The van der Waals surface area contributed by atoms with Crippen molar-refractivity contribution in [2.45, 2.75) is 20.3 Å². The lowest BCUT2D eigenvalue weighted by molar-refractivity contribution is 0.0697.